The number of alkyl halides is 3. The predicted octanol–water partition coefficient (Wildman–Crippen LogP) is 5.49. The van der Waals surface area contributed by atoms with Crippen molar-refractivity contribution in [1.82, 2.24) is 16.0 Å². The fourth-order valence-corrected chi connectivity index (χ4v) is 4.82. The Hall–Kier alpha value is -3.72. The number of amides is 2. The van der Waals surface area contributed by atoms with E-state index in [0.717, 1.165) is 60.6 Å². The lowest BCUT2D eigenvalue weighted by atomic mass is 9.90. The third-order valence-electron chi connectivity index (χ3n) is 6.54. The van der Waals surface area contributed by atoms with Crippen LogP contribution in [0.3, 0.4) is 0 Å². The van der Waals surface area contributed by atoms with E-state index < -0.39 is 23.6 Å². The van der Waals surface area contributed by atoms with Crippen LogP contribution in [-0.2, 0) is 11.0 Å². The van der Waals surface area contributed by atoms with Gasteiger partial charge >= 0.3 is 6.18 Å². The molecule has 0 bridgehead atoms. The van der Waals surface area contributed by atoms with Crippen LogP contribution in [-0.4, -0.2) is 35.4 Å². The molecule has 1 aliphatic carbocycles. The van der Waals surface area contributed by atoms with Gasteiger partial charge in [0.25, 0.3) is 5.91 Å². The van der Waals surface area contributed by atoms with Crippen LogP contribution in [0.1, 0.15) is 47.2 Å². The lowest BCUT2D eigenvalue weighted by molar-refractivity contribution is -0.137. The molecule has 2 atom stereocenters. The number of rotatable bonds is 7. The summed E-state index contributed by atoms with van der Waals surface area (Å²) in [5.74, 6) is -1.16. The maximum Gasteiger partial charge on any atom is 0.416 e. The van der Waals surface area contributed by atoms with Crippen LogP contribution in [0.4, 0.5) is 13.2 Å². The molecule has 2 amide bonds. The Kier molecular flexibility index (Phi) is 8.78. The standard InChI is InChI=1S/C29H28F3N3O2S/c30-29(31,32)23-10-6-9-22(17-23)27(37)33-18-26(36)34-24-11-4-5-12-25(24)35-28(38)21-15-13-20(14-16-21)19-7-2-1-3-8-19/h1-3,6-10,13-17,24-25H,4-5,11-12,18H2,(H,33,37)(H,34,36)(H,35,38)/t24-,25+/m1/s1. The van der Waals surface area contributed by atoms with Crippen LogP contribution in [0.25, 0.3) is 11.1 Å². The topological polar surface area (TPSA) is 70.2 Å². The number of thiocarbonyl (C=S) groups is 1. The maximum absolute atomic E-state index is 12.9. The van der Waals surface area contributed by atoms with Crippen LogP contribution >= 0.6 is 12.2 Å². The predicted molar refractivity (Wildman–Crippen MR) is 145 cm³/mol. The lowest BCUT2D eigenvalue weighted by Crippen LogP contribution is -2.54. The Labute approximate surface area is 224 Å². The summed E-state index contributed by atoms with van der Waals surface area (Å²) in [6, 6.07) is 21.8. The van der Waals surface area contributed by atoms with Crippen molar-refractivity contribution in [3.05, 3.63) is 95.6 Å². The molecule has 0 aromatic heterocycles. The molecule has 0 heterocycles. The van der Waals surface area contributed by atoms with E-state index in [1.165, 1.54) is 6.07 Å². The molecule has 3 aromatic rings. The van der Waals surface area contributed by atoms with E-state index >= 15 is 0 Å². The first kappa shape index (κ1) is 27.3. The van der Waals surface area contributed by atoms with E-state index in [1.807, 2.05) is 54.6 Å². The van der Waals surface area contributed by atoms with Crippen molar-refractivity contribution in [2.24, 2.45) is 0 Å². The van der Waals surface area contributed by atoms with Gasteiger partial charge in [-0.05, 0) is 42.2 Å². The van der Waals surface area contributed by atoms with Crippen molar-refractivity contribution >= 4 is 29.0 Å². The summed E-state index contributed by atoms with van der Waals surface area (Å²) < 4.78 is 38.8. The number of carbonyl (C=O) groups excluding carboxylic acids is 2. The molecule has 4 rings (SSSR count). The van der Waals surface area contributed by atoms with E-state index in [4.69, 9.17) is 12.2 Å². The molecule has 3 aromatic carbocycles. The number of hydrogen-bond donors (Lipinski definition) is 3. The molecule has 0 aliphatic heterocycles. The molecule has 0 spiro atoms. The number of halogens is 3. The van der Waals surface area contributed by atoms with Gasteiger partial charge in [-0.25, -0.2) is 0 Å². The molecule has 1 fully saturated rings. The summed E-state index contributed by atoms with van der Waals surface area (Å²) >= 11 is 5.64. The van der Waals surface area contributed by atoms with Crippen molar-refractivity contribution in [2.75, 3.05) is 6.54 Å². The highest BCUT2D eigenvalue weighted by molar-refractivity contribution is 7.80. The molecule has 3 N–H and O–H groups in total. The molecule has 198 valence electrons. The average Bonchev–Trinajstić information content (AvgIpc) is 2.93. The molecule has 5 nitrogen and oxygen atoms in total. The Morgan fingerprint density at radius 3 is 2.08 bits per heavy atom. The quantitative estimate of drug-likeness (QED) is 0.347. The SMILES string of the molecule is O=C(CNC(=O)c1cccc(C(F)(F)F)c1)N[C@@H]1CCCC[C@@H]1NC(=S)c1ccc(-c2ccccc2)cc1. The largest absolute Gasteiger partial charge is 0.416 e. The molecule has 0 saturated heterocycles. The van der Waals surface area contributed by atoms with Crippen LogP contribution in [0.15, 0.2) is 78.9 Å². The molecule has 9 heteroatoms. The van der Waals surface area contributed by atoms with Gasteiger partial charge in [0.2, 0.25) is 5.91 Å². The van der Waals surface area contributed by atoms with Crippen LogP contribution < -0.4 is 16.0 Å². The van der Waals surface area contributed by atoms with E-state index in [-0.39, 0.29) is 24.2 Å². The van der Waals surface area contributed by atoms with Gasteiger partial charge in [0.1, 0.15) is 4.99 Å². The minimum absolute atomic E-state index is 0.0758. The van der Waals surface area contributed by atoms with Gasteiger partial charge in [-0.2, -0.15) is 13.2 Å². The van der Waals surface area contributed by atoms with Crippen LogP contribution in [0.2, 0.25) is 0 Å². The second-order valence-electron chi connectivity index (χ2n) is 9.24. The van der Waals surface area contributed by atoms with Gasteiger partial charge < -0.3 is 16.0 Å². The average molecular weight is 540 g/mol. The van der Waals surface area contributed by atoms with Gasteiger partial charge in [0, 0.05) is 23.2 Å². The molecule has 1 saturated carbocycles. The zero-order valence-electron chi connectivity index (χ0n) is 20.6. The summed E-state index contributed by atoms with van der Waals surface area (Å²) in [7, 11) is 0. The van der Waals surface area contributed by atoms with Gasteiger partial charge in [0.05, 0.1) is 12.1 Å². The maximum atomic E-state index is 12.9. The highest BCUT2D eigenvalue weighted by Crippen LogP contribution is 2.29. The molecule has 38 heavy (non-hydrogen) atoms. The van der Waals surface area contributed by atoms with Gasteiger partial charge in [-0.15, -0.1) is 0 Å². The first-order chi connectivity index (χ1) is 18.2. The van der Waals surface area contributed by atoms with Crippen molar-refractivity contribution in [3.8, 4) is 11.1 Å². The fraction of sp³-hybridized carbons (Fsp3) is 0.276. The van der Waals surface area contributed by atoms with E-state index in [2.05, 4.69) is 16.0 Å². The molecular formula is C29H28F3N3O2S. The third kappa shape index (κ3) is 7.19. The Balaban J connectivity index is 1.31. The van der Waals surface area contributed by atoms with E-state index in [9.17, 15) is 22.8 Å². The molecule has 0 unspecified atom stereocenters. The second kappa shape index (κ2) is 12.2. The highest BCUT2D eigenvalue weighted by Gasteiger charge is 2.31. The van der Waals surface area contributed by atoms with Crippen molar-refractivity contribution in [2.45, 2.75) is 43.9 Å². The molecule has 0 radical (unpaired) electrons. The normalized spacial score (nSPS) is 17.3. The zero-order chi connectivity index (χ0) is 27.1. The number of nitrogens with one attached hydrogen (secondary N) is 3. The molecular weight excluding hydrogens is 511 g/mol. The summed E-state index contributed by atoms with van der Waals surface area (Å²) in [6.07, 6.45) is -1.05. The van der Waals surface area contributed by atoms with Gasteiger partial charge in [0.15, 0.2) is 0 Å². The van der Waals surface area contributed by atoms with Crippen molar-refractivity contribution < 1.29 is 22.8 Å². The number of hydrogen-bond acceptors (Lipinski definition) is 3. The van der Waals surface area contributed by atoms with Crippen molar-refractivity contribution in [1.29, 1.82) is 0 Å². The number of benzene rings is 3. The minimum Gasteiger partial charge on any atom is -0.371 e. The summed E-state index contributed by atoms with van der Waals surface area (Å²) in [6.45, 7) is -0.344. The lowest BCUT2D eigenvalue weighted by Gasteiger charge is -2.33. The van der Waals surface area contributed by atoms with Gasteiger partial charge in [-0.1, -0.05) is 85.7 Å². The van der Waals surface area contributed by atoms with E-state index in [0.29, 0.717) is 4.99 Å². The number of carbonyl (C=O) groups is 2. The first-order valence-electron chi connectivity index (χ1n) is 12.4. The third-order valence-corrected chi connectivity index (χ3v) is 6.90. The van der Waals surface area contributed by atoms with Crippen molar-refractivity contribution in [3.63, 3.8) is 0 Å². The van der Waals surface area contributed by atoms with Crippen LogP contribution in [0, 0.1) is 0 Å². The summed E-state index contributed by atoms with van der Waals surface area (Å²) in [5, 5.41) is 8.73. The Morgan fingerprint density at radius 2 is 1.42 bits per heavy atom. The fourth-order valence-electron chi connectivity index (χ4n) is 4.53. The highest BCUT2D eigenvalue weighted by atomic mass is 32.1. The monoisotopic (exact) mass is 539 g/mol. The van der Waals surface area contributed by atoms with Crippen LogP contribution in [0.5, 0.6) is 0 Å². The Morgan fingerprint density at radius 1 is 0.789 bits per heavy atom. The first-order valence-corrected chi connectivity index (χ1v) is 12.8. The van der Waals surface area contributed by atoms with E-state index in [1.54, 1.807) is 0 Å². The second-order valence-corrected chi connectivity index (χ2v) is 9.65. The zero-order valence-corrected chi connectivity index (χ0v) is 21.4. The minimum atomic E-state index is -4.55. The van der Waals surface area contributed by atoms with Gasteiger partial charge in [-0.3, -0.25) is 9.59 Å². The molecule has 1 aliphatic rings. The summed E-state index contributed by atoms with van der Waals surface area (Å²) in [4.78, 5) is 25.5. The Bertz CT molecular complexity index is 1280. The summed E-state index contributed by atoms with van der Waals surface area (Å²) in [5.41, 5.74) is 2.01. The smallest absolute Gasteiger partial charge is 0.371 e.